The lowest BCUT2D eigenvalue weighted by Gasteiger charge is -2.24. The van der Waals surface area contributed by atoms with E-state index in [4.69, 9.17) is 0 Å². The van der Waals surface area contributed by atoms with Gasteiger partial charge in [-0.2, -0.15) is 0 Å². The Kier molecular flexibility index (Phi) is 3.71. The Hall–Kier alpha value is -1.20. The van der Waals surface area contributed by atoms with Crippen LogP contribution in [0.1, 0.15) is 36.0 Å². The number of nitrogens with one attached hydrogen (secondary N) is 1. The molecule has 96 valence electrons. The van der Waals surface area contributed by atoms with Crippen molar-refractivity contribution in [3.63, 3.8) is 0 Å². The number of aryl methyl sites for hydroxylation is 2. The second kappa shape index (κ2) is 5.63. The number of imidazole rings is 1. The molecule has 1 N–H and O–H groups in total. The summed E-state index contributed by atoms with van der Waals surface area (Å²) in [6, 6.07) is 0.484. The van der Waals surface area contributed by atoms with Gasteiger partial charge in [0, 0.05) is 36.8 Å². The zero-order chi connectivity index (χ0) is 12.2. The zero-order valence-corrected chi connectivity index (χ0v) is 11.2. The van der Waals surface area contributed by atoms with Crippen molar-refractivity contribution >= 4 is 11.3 Å². The van der Waals surface area contributed by atoms with Gasteiger partial charge in [0.1, 0.15) is 0 Å². The smallest absolute Gasteiger partial charge is 0.0948 e. The topological polar surface area (TPSA) is 42.7 Å². The molecule has 1 aliphatic rings. The van der Waals surface area contributed by atoms with E-state index in [0.29, 0.717) is 6.04 Å². The summed E-state index contributed by atoms with van der Waals surface area (Å²) in [5, 5.41) is 6.82. The van der Waals surface area contributed by atoms with Gasteiger partial charge in [-0.1, -0.05) is 6.42 Å². The molecule has 3 heterocycles. The number of hydrogen-bond donors (Lipinski definition) is 1. The molecule has 0 radical (unpaired) electrons. The van der Waals surface area contributed by atoms with E-state index in [1.807, 2.05) is 24.1 Å². The van der Waals surface area contributed by atoms with Gasteiger partial charge in [0.2, 0.25) is 0 Å². The first-order valence-corrected chi connectivity index (χ1v) is 7.43. The molecule has 1 atom stereocenters. The number of piperidine rings is 1. The van der Waals surface area contributed by atoms with Crippen LogP contribution >= 0.6 is 11.3 Å². The van der Waals surface area contributed by atoms with Gasteiger partial charge in [0.25, 0.3) is 0 Å². The minimum atomic E-state index is 0.484. The first-order valence-electron chi connectivity index (χ1n) is 6.55. The van der Waals surface area contributed by atoms with Gasteiger partial charge in [-0.05, 0) is 19.4 Å². The maximum Gasteiger partial charge on any atom is 0.0948 e. The van der Waals surface area contributed by atoms with Gasteiger partial charge in [0.05, 0.1) is 17.0 Å². The van der Waals surface area contributed by atoms with Crippen molar-refractivity contribution in [2.45, 2.75) is 38.3 Å². The van der Waals surface area contributed by atoms with E-state index in [-0.39, 0.29) is 0 Å². The second-order valence-corrected chi connectivity index (χ2v) is 5.67. The first kappa shape index (κ1) is 11.9. The molecule has 1 fully saturated rings. The van der Waals surface area contributed by atoms with E-state index >= 15 is 0 Å². The highest BCUT2D eigenvalue weighted by Crippen LogP contribution is 2.22. The van der Waals surface area contributed by atoms with Crippen LogP contribution in [-0.2, 0) is 13.0 Å². The summed E-state index contributed by atoms with van der Waals surface area (Å²) in [4.78, 5) is 8.63. The van der Waals surface area contributed by atoms with Crippen LogP contribution in [-0.4, -0.2) is 21.1 Å². The van der Waals surface area contributed by atoms with Crippen molar-refractivity contribution in [2.75, 3.05) is 6.54 Å². The summed E-state index contributed by atoms with van der Waals surface area (Å²) in [6.07, 6.45) is 10.7. The molecule has 0 amide bonds. The minimum absolute atomic E-state index is 0.484. The Labute approximate surface area is 111 Å². The average Bonchev–Trinajstić information content (AvgIpc) is 3.09. The van der Waals surface area contributed by atoms with Gasteiger partial charge in [0.15, 0.2) is 0 Å². The van der Waals surface area contributed by atoms with Gasteiger partial charge in [-0.15, -0.1) is 11.3 Å². The predicted molar refractivity (Wildman–Crippen MR) is 72.6 cm³/mol. The summed E-state index contributed by atoms with van der Waals surface area (Å²) in [5.41, 5.74) is 1.33. The standard InChI is InChI=1S/C13H18N4S/c1-2-5-15-11(3-1)12-9-14-10-17(12)7-4-13-16-6-8-18-13/h6,8-11,15H,1-5,7H2. The van der Waals surface area contributed by atoms with Crippen LogP contribution in [0.25, 0.3) is 0 Å². The Bertz CT molecular complexity index is 471. The van der Waals surface area contributed by atoms with Crippen LogP contribution < -0.4 is 5.32 Å². The Morgan fingerprint density at radius 1 is 1.44 bits per heavy atom. The largest absolute Gasteiger partial charge is 0.333 e. The van der Waals surface area contributed by atoms with Crippen molar-refractivity contribution in [1.82, 2.24) is 19.9 Å². The van der Waals surface area contributed by atoms with Gasteiger partial charge in [-0.3, -0.25) is 0 Å². The molecule has 4 nitrogen and oxygen atoms in total. The van der Waals surface area contributed by atoms with Crippen LogP contribution in [0.2, 0.25) is 0 Å². The number of rotatable bonds is 4. The van der Waals surface area contributed by atoms with Crippen molar-refractivity contribution in [2.24, 2.45) is 0 Å². The van der Waals surface area contributed by atoms with E-state index in [9.17, 15) is 0 Å². The van der Waals surface area contributed by atoms with Gasteiger partial charge in [-0.25, -0.2) is 9.97 Å². The summed E-state index contributed by atoms with van der Waals surface area (Å²) in [7, 11) is 0. The van der Waals surface area contributed by atoms with Crippen LogP contribution in [0.3, 0.4) is 0 Å². The van der Waals surface area contributed by atoms with Crippen molar-refractivity contribution in [1.29, 1.82) is 0 Å². The molecule has 1 saturated heterocycles. The second-order valence-electron chi connectivity index (χ2n) is 4.69. The first-order chi connectivity index (χ1) is 8.93. The lowest BCUT2D eigenvalue weighted by Crippen LogP contribution is -2.28. The molecule has 3 rings (SSSR count). The van der Waals surface area contributed by atoms with Crippen molar-refractivity contribution in [3.8, 4) is 0 Å². The third kappa shape index (κ3) is 2.62. The van der Waals surface area contributed by atoms with E-state index in [1.165, 1.54) is 30.0 Å². The summed E-state index contributed by atoms with van der Waals surface area (Å²) in [6.45, 7) is 2.10. The van der Waals surface area contributed by atoms with Crippen molar-refractivity contribution in [3.05, 3.63) is 34.8 Å². The molecule has 2 aromatic heterocycles. The normalized spacial score (nSPS) is 20.1. The van der Waals surface area contributed by atoms with Crippen LogP contribution in [0.4, 0.5) is 0 Å². The van der Waals surface area contributed by atoms with Gasteiger partial charge >= 0.3 is 0 Å². The fraction of sp³-hybridized carbons (Fsp3) is 0.538. The third-order valence-corrected chi connectivity index (χ3v) is 4.30. The molecular weight excluding hydrogens is 244 g/mol. The molecule has 18 heavy (non-hydrogen) atoms. The molecule has 0 aliphatic carbocycles. The Morgan fingerprint density at radius 2 is 2.44 bits per heavy atom. The van der Waals surface area contributed by atoms with Crippen LogP contribution in [0.15, 0.2) is 24.1 Å². The zero-order valence-electron chi connectivity index (χ0n) is 10.4. The lowest BCUT2D eigenvalue weighted by atomic mass is 10.0. The fourth-order valence-corrected chi connectivity index (χ4v) is 3.11. The molecule has 0 spiro atoms. The summed E-state index contributed by atoms with van der Waals surface area (Å²) < 4.78 is 2.27. The highest BCUT2D eigenvalue weighted by atomic mass is 32.1. The molecule has 1 aliphatic heterocycles. The lowest BCUT2D eigenvalue weighted by molar-refractivity contribution is 0.393. The van der Waals surface area contributed by atoms with E-state index in [0.717, 1.165) is 19.5 Å². The SMILES string of the molecule is c1csc(CCn2cncc2C2CCCCN2)n1. The van der Waals surface area contributed by atoms with E-state index < -0.39 is 0 Å². The number of thiazole rings is 1. The summed E-state index contributed by atoms with van der Waals surface area (Å²) in [5.74, 6) is 0. The van der Waals surface area contributed by atoms with E-state index in [1.54, 1.807) is 11.3 Å². The third-order valence-electron chi connectivity index (χ3n) is 3.46. The molecule has 1 unspecified atom stereocenters. The monoisotopic (exact) mass is 262 g/mol. The number of nitrogens with zero attached hydrogens (tertiary/aromatic N) is 3. The van der Waals surface area contributed by atoms with E-state index in [2.05, 4.69) is 19.9 Å². The maximum absolute atomic E-state index is 4.33. The highest BCUT2D eigenvalue weighted by Gasteiger charge is 2.18. The highest BCUT2D eigenvalue weighted by molar-refractivity contribution is 7.09. The Balaban J connectivity index is 1.67. The molecule has 0 bridgehead atoms. The maximum atomic E-state index is 4.33. The van der Waals surface area contributed by atoms with Crippen LogP contribution in [0.5, 0.6) is 0 Å². The van der Waals surface area contributed by atoms with Crippen LogP contribution in [0, 0.1) is 0 Å². The molecule has 5 heteroatoms. The predicted octanol–water partition coefficient (Wildman–Crippen LogP) is 2.40. The van der Waals surface area contributed by atoms with Crippen molar-refractivity contribution < 1.29 is 0 Å². The number of aromatic nitrogens is 3. The average molecular weight is 262 g/mol. The number of hydrogen-bond acceptors (Lipinski definition) is 4. The molecular formula is C13H18N4S. The fourth-order valence-electron chi connectivity index (χ4n) is 2.50. The molecule has 0 aromatic carbocycles. The summed E-state index contributed by atoms with van der Waals surface area (Å²) >= 11 is 1.73. The molecule has 0 saturated carbocycles. The minimum Gasteiger partial charge on any atom is -0.333 e. The Morgan fingerprint density at radius 3 is 3.22 bits per heavy atom. The quantitative estimate of drug-likeness (QED) is 0.920. The molecule has 2 aromatic rings. The van der Waals surface area contributed by atoms with Gasteiger partial charge < -0.3 is 9.88 Å².